The summed E-state index contributed by atoms with van der Waals surface area (Å²) in [5.74, 6) is 0.768. The normalized spacial score (nSPS) is 18.7. The van der Waals surface area contributed by atoms with E-state index in [4.69, 9.17) is 10.5 Å². The Morgan fingerprint density at radius 3 is 2.55 bits per heavy atom. The first kappa shape index (κ1) is 14.5. The van der Waals surface area contributed by atoms with Gasteiger partial charge in [-0.2, -0.15) is 0 Å². The molecule has 0 spiro atoms. The van der Waals surface area contributed by atoms with Crippen LogP contribution in [0.4, 0.5) is 0 Å². The number of ether oxygens (including phenoxy) is 1. The van der Waals surface area contributed by atoms with Crippen LogP contribution in [-0.2, 0) is 4.79 Å². The second-order valence-electron chi connectivity index (χ2n) is 5.71. The lowest BCUT2D eigenvalue weighted by molar-refractivity contribution is -0.127. The van der Waals surface area contributed by atoms with Crippen LogP contribution in [0.25, 0.3) is 0 Å². The highest BCUT2D eigenvalue weighted by molar-refractivity contribution is 5.97. The first-order chi connectivity index (χ1) is 9.40. The number of aliphatic imine (C=N–C) groups is 1. The van der Waals surface area contributed by atoms with Crippen molar-refractivity contribution in [3.8, 4) is 5.75 Å². The number of carbonyl (C=O) groups is 1. The van der Waals surface area contributed by atoms with Crippen molar-refractivity contribution in [2.24, 2.45) is 10.7 Å². The van der Waals surface area contributed by atoms with Gasteiger partial charge in [-0.1, -0.05) is 12.1 Å². The number of methoxy groups -OCH3 is 1. The van der Waals surface area contributed by atoms with Gasteiger partial charge in [0.15, 0.2) is 6.04 Å². The van der Waals surface area contributed by atoms with Gasteiger partial charge in [-0.25, -0.2) is 0 Å². The van der Waals surface area contributed by atoms with Crippen LogP contribution in [0.15, 0.2) is 29.3 Å². The monoisotopic (exact) mass is 275 g/mol. The Hall–Kier alpha value is -1.88. The van der Waals surface area contributed by atoms with Crippen molar-refractivity contribution in [2.75, 3.05) is 13.7 Å². The molecule has 2 rings (SSSR count). The molecule has 20 heavy (non-hydrogen) atoms. The van der Waals surface area contributed by atoms with Crippen LogP contribution < -0.4 is 10.5 Å². The number of nitrogens with zero attached hydrogens (tertiary/aromatic N) is 2. The molecule has 1 amide bonds. The number of benzene rings is 1. The number of hydrogen-bond acceptors (Lipinski definition) is 4. The summed E-state index contributed by atoms with van der Waals surface area (Å²) < 4.78 is 5.11. The predicted octanol–water partition coefficient (Wildman–Crippen LogP) is 1.73. The topological polar surface area (TPSA) is 67.9 Å². The van der Waals surface area contributed by atoms with E-state index in [0.29, 0.717) is 6.54 Å². The fourth-order valence-electron chi connectivity index (χ4n) is 2.02. The molecule has 1 aliphatic rings. The Kier molecular flexibility index (Phi) is 4.09. The molecule has 108 valence electrons. The Bertz CT molecular complexity index is 503. The fourth-order valence-corrected chi connectivity index (χ4v) is 2.02. The van der Waals surface area contributed by atoms with Crippen molar-refractivity contribution >= 4 is 12.2 Å². The summed E-state index contributed by atoms with van der Waals surface area (Å²) in [4.78, 5) is 18.2. The molecule has 1 aromatic carbocycles. The van der Waals surface area contributed by atoms with Gasteiger partial charge in [-0.05, 0) is 38.0 Å². The van der Waals surface area contributed by atoms with E-state index in [1.807, 2.05) is 38.1 Å². The van der Waals surface area contributed by atoms with E-state index in [9.17, 15) is 4.79 Å². The average Bonchev–Trinajstić information content (AvgIpc) is 2.77. The molecule has 1 unspecified atom stereocenters. The summed E-state index contributed by atoms with van der Waals surface area (Å²) in [5.41, 5.74) is 6.53. The number of amides is 1. The van der Waals surface area contributed by atoms with Crippen LogP contribution in [0.5, 0.6) is 5.75 Å². The van der Waals surface area contributed by atoms with Gasteiger partial charge in [0.1, 0.15) is 5.75 Å². The number of rotatable bonds is 5. The highest BCUT2D eigenvalue weighted by atomic mass is 16.5. The molecule has 1 heterocycles. The minimum absolute atomic E-state index is 0.000540. The van der Waals surface area contributed by atoms with E-state index in [1.54, 1.807) is 18.3 Å². The Morgan fingerprint density at radius 2 is 2.00 bits per heavy atom. The Labute approximate surface area is 119 Å². The van der Waals surface area contributed by atoms with Crippen molar-refractivity contribution in [1.82, 2.24) is 4.90 Å². The molecular weight excluding hydrogens is 254 g/mol. The van der Waals surface area contributed by atoms with Crippen molar-refractivity contribution in [3.05, 3.63) is 29.8 Å². The van der Waals surface area contributed by atoms with Crippen molar-refractivity contribution in [2.45, 2.75) is 31.8 Å². The lowest BCUT2D eigenvalue weighted by Crippen LogP contribution is -2.38. The molecule has 5 nitrogen and oxygen atoms in total. The van der Waals surface area contributed by atoms with Crippen molar-refractivity contribution < 1.29 is 9.53 Å². The third kappa shape index (κ3) is 3.36. The predicted molar refractivity (Wildman–Crippen MR) is 78.8 cm³/mol. The third-order valence-corrected chi connectivity index (χ3v) is 3.30. The first-order valence-corrected chi connectivity index (χ1v) is 6.67. The van der Waals surface area contributed by atoms with E-state index in [-0.39, 0.29) is 11.4 Å². The van der Waals surface area contributed by atoms with Crippen LogP contribution >= 0.6 is 0 Å². The number of hydrogen-bond donors (Lipinski definition) is 1. The van der Waals surface area contributed by atoms with E-state index >= 15 is 0 Å². The van der Waals surface area contributed by atoms with E-state index < -0.39 is 6.04 Å². The van der Waals surface area contributed by atoms with E-state index in [1.165, 1.54) is 0 Å². The van der Waals surface area contributed by atoms with Crippen LogP contribution in [0.1, 0.15) is 31.9 Å². The first-order valence-electron chi connectivity index (χ1n) is 6.67. The van der Waals surface area contributed by atoms with Gasteiger partial charge in [-0.3, -0.25) is 9.79 Å². The molecule has 0 aliphatic carbocycles. The molecule has 5 heteroatoms. The van der Waals surface area contributed by atoms with Crippen LogP contribution in [0.2, 0.25) is 0 Å². The summed E-state index contributed by atoms with van der Waals surface area (Å²) in [7, 11) is 1.62. The largest absolute Gasteiger partial charge is 0.497 e. The quantitative estimate of drug-likeness (QED) is 0.890. The number of nitrogens with two attached hydrogens (primary N) is 1. The molecular formula is C15H21N3O2. The second kappa shape index (κ2) is 5.63. The van der Waals surface area contributed by atoms with Crippen molar-refractivity contribution in [3.63, 3.8) is 0 Å². The molecule has 0 radical (unpaired) electrons. The van der Waals surface area contributed by atoms with Gasteiger partial charge in [0, 0.05) is 12.1 Å². The van der Waals surface area contributed by atoms with Gasteiger partial charge in [-0.15, -0.1) is 0 Å². The van der Waals surface area contributed by atoms with Gasteiger partial charge < -0.3 is 15.4 Å². The molecule has 0 aromatic heterocycles. The molecule has 0 saturated carbocycles. The molecule has 1 aliphatic heterocycles. The summed E-state index contributed by atoms with van der Waals surface area (Å²) >= 11 is 0. The zero-order chi connectivity index (χ0) is 14.8. The minimum Gasteiger partial charge on any atom is -0.497 e. The minimum atomic E-state index is -0.443. The van der Waals surface area contributed by atoms with E-state index in [2.05, 4.69) is 4.99 Å². The van der Waals surface area contributed by atoms with E-state index in [0.717, 1.165) is 17.7 Å². The SMILES string of the molecule is COc1ccc(C2N=CN(CCC(C)(C)N)C2=O)cc1. The average molecular weight is 275 g/mol. The van der Waals surface area contributed by atoms with Crippen LogP contribution in [0, 0.1) is 0 Å². The zero-order valence-electron chi connectivity index (χ0n) is 12.2. The van der Waals surface area contributed by atoms with Gasteiger partial charge in [0.2, 0.25) is 0 Å². The molecule has 0 fully saturated rings. The van der Waals surface area contributed by atoms with Gasteiger partial charge in [0.05, 0.1) is 13.4 Å². The molecule has 1 atom stereocenters. The zero-order valence-corrected chi connectivity index (χ0v) is 12.2. The summed E-state index contributed by atoms with van der Waals surface area (Å²) in [6.45, 7) is 4.50. The summed E-state index contributed by atoms with van der Waals surface area (Å²) in [5, 5.41) is 0. The Balaban J connectivity index is 2.02. The maximum absolute atomic E-state index is 12.3. The summed E-state index contributed by atoms with van der Waals surface area (Å²) in [6.07, 6.45) is 2.35. The van der Waals surface area contributed by atoms with Gasteiger partial charge in [0.25, 0.3) is 5.91 Å². The standard InChI is InChI=1S/C15H21N3O2/c1-15(2,16)8-9-18-10-17-13(14(18)19)11-4-6-12(20-3)7-5-11/h4-7,10,13H,8-9,16H2,1-3H3. The molecule has 0 saturated heterocycles. The maximum Gasteiger partial charge on any atom is 0.257 e. The Morgan fingerprint density at radius 1 is 1.35 bits per heavy atom. The fraction of sp³-hybridized carbons (Fsp3) is 0.467. The van der Waals surface area contributed by atoms with Crippen molar-refractivity contribution in [1.29, 1.82) is 0 Å². The van der Waals surface area contributed by atoms with Crippen LogP contribution in [0.3, 0.4) is 0 Å². The third-order valence-electron chi connectivity index (χ3n) is 3.30. The molecule has 0 bridgehead atoms. The molecule has 2 N–H and O–H groups in total. The lowest BCUT2D eigenvalue weighted by atomic mass is 10.0. The second-order valence-corrected chi connectivity index (χ2v) is 5.71. The van der Waals surface area contributed by atoms with Crippen LogP contribution in [-0.4, -0.2) is 36.3 Å². The smallest absolute Gasteiger partial charge is 0.257 e. The van der Waals surface area contributed by atoms with Gasteiger partial charge >= 0.3 is 0 Å². The maximum atomic E-state index is 12.3. The lowest BCUT2D eigenvalue weighted by Gasteiger charge is -2.22. The molecule has 1 aromatic rings. The highest BCUT2D eigenvalue weighted by Gasteiger charge is 2.30. The summed E-state index contributed by atoms with van der Waals surface area (Å²) in [6, 6.07) is 6.97. The highest BCUT2D eigenvalue weighted by Crippen LogP contribution is 2.26. The number of carbonyl (C=O) groups excluding carboxylic acids is 1.